The van der Waals surface area contributed by atoms with E-state index in [1.165, 1.54) is 94.3 Å². The highest BCUT2D eigenvalue weighted by molar-refractivity contribution is 8.27. The number of aliphatic imine (C=N–C) groups is 2. The molecule has 0 aliphatic heterocycles. The number of thioether (sulfide) groups is 8. The fourth-order valence-corrected chi connectivity index (χ4v) is 7.91. The topological polar surface area (TPSA) is 168 Å². The molecule has 4 N–H and O–H groups in total. The van der Waals surface area contributed by atoms with Crippen molar-refractivity contribution in [3.63, 3.8) is 0 Å². The van der Waals surface area contributed by atoms with Crippen molar-refractivity contribution in [3.05, 3.63) is 0 Å². The Balaban J connectivity index is 3.49. The van der Waals surface area contributed by atoms with Gasteiger partial charge in [0.2, 0.25) is 6.40 Å². The van der Waals surface area contributed by atoms with Gasteiger partial charge in [-0.1, -0.05) is 11.8 Å². The molecule has 0 aliphatic rings. The molecule has 0 aromatic carbocycles. The zero-order valence-corrected chi connectivity index (χ0v) is 26.9. The van der Waals surface area contributed by atoms with Crippen molar-refractivity contribution >= 4 is 128 Å². The van der Waals surface area contributed by atoms with Gasteiger partial charge < -0.3 is 30.5 Å². The maximum atomic E-state index is 11.9. The molecule has 216 valence electrons. The number of alkyl carbamates (subject to hydrolysis) is 1. The fourth-order valence-electron chi connectivity index (χ4n) is 1.38. The maximum absolute atomic E-state index is 11.9. The van der Waals surface area contributed by atoms with Gasteiger partial charge in [-0.25, -0.2) is 9.79 Å². The van der Waals surface area contributed by atoms with Crippen molar-refractivity contribution in [2.24, 2.45) is 9.98 Å². The summed E-state index contributed by atoms with van der Waals surface area (Å²) in [7, 11) is -1.25. The summed E-state index contributed by atoms with van der Waals surface area (Å²) in [5, 5.41) is 24.5. The zero-order valence-electron chi connectivity index (χ0n) is 19.6. The number of carbonyl (C=O) groups is 2. The van der Waals surface area contributed by atoms with E-state index in [0.29, 0.717) is 49.8 Å². The molecule has 21 heteroatoms. The average molecular weight is 695 g/mol. The van der Waals surface area contributed by atoms with Crippen molar-refractivity contribution in [2.75, 3.05) is 67.6 Å². The standard InChI is InChI=1S/C16H30N4O8S9/c21-7-31-11-33-9-26-15(23)19-4-30-3-18-6-37(25)14-35-13-36-16(24)20-5-29-2-17-1-27-28-10-34-12-32-8-22/h1,6,21-22H,2-5,7-14H2,(H,19,23)(H,20,24)/b17-1?,18-6+. The maximum Gasteiger partial charge on any atom is 0.408 e. The minimum absolute atomic E-state index is 0.0369. The third-order valence-electron chi connectivity index (χ3n) is 2.74. The van der Waals surface area contributed by atoms with Crippen molar-refractivity contribution in [2.45, 2.75) is 0 Å². The molecule has 0 fully saturated rings. The Morgan fingerprint density at radius 3 is 2.24 bits per heavy atom. The van der Waals surface area contributed by atoms with E-state index in [1.807, 2.05) is 0 Å². The third-order valence-corrected chi connectivity index (χ3v) is 11.2. The summed E-state index contributed by atoms with van der Waals surface area (Å²) in [4.78, 5) is 40.8. The molecule has 0 heterocycles. The van der Waals surface area contributed by atoms with Crippen LogP contribution in [0.1, 0.15) is 0 Å². The summed E-state index contributed by atoms with van der Waals surface area (Å²) in [5.74, 6) is 2.12. The van der Waals surface area contributed by atoms with Crippen LogP contribution in [0.25, 0.3) is 0 Å². The Hall–Kier alpha value is 0.710. The van der Waals surface area contributed by atoms with Gasteiger partial charge >= 0.3 is 6.09 Å². The summed E-state index contributed by atoms with van der Waals surface area (Å²) in [6.45, 7) is 0. The Kier molecular flexibility index (Phi) is 31.8. The van der Waals surface area contributed by atoms with Crippen LogP contribution in [0, 0.1) is 0 Å². The fraction of sp³-hybridized carbons (Fsp3) is 0.750. The minimum atomic E-state index is -1.25. The molecule has 2 amide bonds. The molecule has 0 aromatic rings. The number of aliphatic hydroxyl groups excluding tert-OH is 2. The number of carbonyl (C=O) groups excluding carboxylic acids is 2. The van der Waals surface area contributed by atoms with E-state index in [1.54, 1.807) is 0 Å². The lowest BCUT2D eigenvalue weighted by Crippen LogP contribution is -2.23. The lowest BCUT2D eigenvalue weighted by atomic mass is 11.1. The van der Waals surface area contributed by atoms with Crippen LogP contribution in [0.15, 0.2) is 9.98 Å². The van der Waals surface area contributed by atoms with Crippen molar-refractivity contribution < 1.29 is 38.5 Å². The molecule has 0 radical (unpaired) electrons. The third kappa shape index (κ3) is 31.1. The number of nitrogens with one attached hydrogen (secondary N) is 2. The van der Waals surface area contributed by atoms with Gasteiger partial charge in [-0.15, -0.1) is 82.3 Å². The Labute approximate surface area is 253 Å². The van der Waals surface area contributed by atoms with Crippen LogP contribution in [0.4, 0.5) is 9.59 Å². The summed E-state index contributed by atoms with van der Waals surface area (Å²) in [6, 6.07) is 0. The van der Waals surface area contributed by atoms with E-state index in [2.05, 4.69) is 20.6 Å². The second-order valence-corrected chi connectivity index (χ2v) is 15.7. The predicted octanol–water partition coefficient (Wildman–Crippen LogP) is 3.52. The molecule has 0 spiro atoms. The SMILES string of the molecule is O=C(NCSC/N=C/S(=O)CSCSC(=O)NCSCN=COOCSCSCO)OCSCSCO. The number of hydrogen-bond donors (Lipinski definition) is 4. The van der Waals surface area contributed by atoms with E-state index in [4.69, 9.17) is 24.7 Å². The Morgan fingerprint density at radius 2 is 1.51 bits per heavy atom. The molecule has 0 bridgehead atoms. The molecule has 0 aliphatic carbocycles. The Morgan fingerprint density at radius 1 is 0.838 bits per heavy atom. The number of amides is 2. The number of rotatable bonds is 25. The molecular weight excluding hydrogens is 665 g/mol. The highest BCUT2D eigenvalue weighted by Gasteiger charge is 2.03. The van der Waals surface area contributed by atoms with E-state index >= 15 is 0 Å². The summed E-state index contributed by atoms with van der Waals surface area (Å²) < 4.78 is 16.8. The smallest absolute Gasteiger partial charge is 0.408 e. The van der Waals surface area contributed by atoms with Gasteiger partial charge in [-0.3, -0.25) is 14.0 Å². The second-order valence-electron chi connectivity index (χ2n) is 5.33. The van der Waals surface area contributed by atoms with Gasteiger partial charge in [0.1, 0.15) is 11.9 Å². The molecule has 0 saturated heterocycles. The number of ether oxygens (including phenoxy) is 1. The molecule has 0 rings (SSSR count). The minimum Gasteiger partial charge on any atom is -0.438 e. The number of nitrogens with zero attached hydrogens (tertiary/aromatic N) is 2. The molecule has 0 saturated carbocycles. The monoisotopic (exact) mass is 694 g/mol. The van der Waals surface area contributed by atoms with Crippen molar-refractivity contribution in [1.29, 1.82) is 0 Å². The van der Waals surface area contributed by atoms with Crippen LogP contribution in [0.3, 0.4) is 0 Å². The second kappa shape index (κ2) is 31.2. The van der Waals surface area contributed by atoms with E-state index < -0.39 is 16.9 Å². The first kappa shape index (κ1) is 37.7. The number of aliphatic hydroxyl groups is 2. The largest absolute Gasteiger partial charge is 0.438 e. The summed E-state index contributed by atoms with van der Waals surface area (Å²) >= 11 is 10.8. The van der Waals surface area contributed by atoms with Gasteiger partial charge in [0.05, 0.1) is 56.8 Å². The van der Waals surface area contributed by atoms with E-state index in [-0.39, 0.29) is 23.1 Å². The van der Waals surface area contributed by atoms with E-state index in [9.17, 15) is 13.8 Å². The quantitative estimate of drug-likeness (QED) is 0.0273. The van der Waals surface area contributed by atoms with Gasteiger partial charge in [0.15, 0.2) is 0 Å². The van der Waals surface area contributed by atoms with Crippen LogP contribution < -0.4 is 10.6 Å². The zero-order chi connectivity index (χ0) is 27.2. The normalized spacial score (nSPS) is 12.2. The van der Waals surface area contributed by atoms with Crippen LogP contribution in [0.5, 0.6) is 0 Å². The predicted molar refractivity (Wildman–Crippen MR) is 169 cm³/mol. The molecule has 1 atom stereocenters. The lowest BCUT2D eigenvalue weighted by molar-refractivity contribution is -0.196. The first-order chi connectivity index (χ1) is 18.1. The van der Waals surface area contributed by atoms with Crippen LogP contribution in [0.2, 0.25) is 0 Å². The van der Waals surface area contributed by atoms with Gasteiger partial charge in [-0.2, -0.15) is 4.89 Å². The van der Waals surface area contributed by atoms with Crippen molar-refractivity contribution in [3.8, 4) is 0 Å². The molecular formula is C16H30N4O8S9. The highest BCUT2D eigenvalue weighted by Crippen LogP contribution is 2.14. The van der Waals surface area contributed by atoms with E-state index in [0.717, 1.165) is 11.8 Å². The Bertz CT molecular complexity index is 655. The molecule has 1 unspecified atom stereocenters. The first-order valence-corrected chi connectivity index (χ1v) is 20.3. The molecule has 0 aromatic heterocycles. The van der Waals surface area contributed by atoms with Gasteiger partial charge in [-0.05, 0) is 0 Å². The van der Waals surface area contributed by atoms with Crippen LogP contribution in [-0.2, 0) is 25.3 Å². The summed E-state index contributed by atoms with van der Waals surface area (Å²) in [6.07, 6.45) is 0.668. The average Bonchev–Trinajstić information content (AvgIpc) is 2.89. The highest BCUT2D eigenvalue weighted by atomic mass is 32.2. The number of hydrogen-bond acceptors (Lipinski definition) is 18. The molecule has 12 nitrogen and oxygen atoms in total. The molecule has 37 heavy (non-hydrogen) atoms. The van der Waals surface area contributed by atoms with Gasteiger partial charge in [0.25, 0.3) is 5.24 Å². The first-order valence-electron chi connectivity index (χ1n) is 9.81. The van der Waals surface area contributed by atoms with Crippen LogP contribution in [-0.4, -0.2) is 105 Å². The summed E-state index contributed by atoms with van der Waals surface area (Å²) in [5.41, 5.74) is 1.36. The van der Waals surface area contributed by atoms with Gasteiger partial charge in [0, 0.05) is 15.3 Å². The van der Waals surface area contributed by atoms with Crippen LogP contribution >= 0.6 is 94.1 Å². The van der Waals surface area contributed by atoms with Crippen molar-refractivity contribution in [1.82, 2.24) is 10.6 Å². The lowest BCUT2D eigenvalue weighted by Gasteiger charge is -2.05.